The molecule has 1 atom stereocenters. The molecule has 1 aromatic heterocycles. The Morgan fingerprint density at radius 3 is 3.14 bits per heavy atom. The molecule has 0 saturated carbocycles. The van der Waals surface area contributed by atoms with Crippen molar-refractivity contribution in [3.63, 3.8) is 0 Å². The van der Waals surface area contributed by atoms with E-state index in [1.807, 2.05) is 13.2 Å². The average Bonchev–Trinajstić information content (AvgIpc) is 2.75. The van der Waals surface area contributed by atoms with Gasteiger partial charge in [0, 0.05) is 32.4 Å². The molecule has 1 aliphatic rings. The first kappa shape index (κ1) is 9.61. The van der Waals surface area contributed by atoms with Gasteiger partial charge < -0.3 is 5.32 Å². The van der Waals surface area contributed by atoms with Crippen molar-refractivity contribution in [2.75, 3.05) is 20.1 Å². The summed E-state index contributed by atoms with van der Waals surface area (Å²) in [4.78, 5) is 2.34. The van der Waals surface area contributed by atoms with Crippen LogP contribution in [0.15, 0.2) is 6.20 Å². The number of hydrogen-bond donors (Lipinski definition) is 1. The molecule has 5 nitrogen and oxygen atoms in total. The third-order valence-electron chi connectivity index (χ3n) is 2.72. The number of hydrogen-bond acceptors (Lipinski definition) is 4. The third-order valence-corrected chi connectivity index (χ3v) is 2.72. The van der Waals surface area contributed by atoms with Crippen LogP contribution in [0.1, 0.15) is 12.1 Å². The van der Waals surface area contributed by atoms with E-state index in [9.17, 15) is 0 Å². The zero-order valence-corrected chi connectivity index (χ0v) is 8.77. The Morgan fingerprint density at radius 1 is 1.71 bits per heavy atom. The van der Waals surface area contributed by atoms with Crippen LogP contribution in [0.4, 0.5) is 0 Å². The molecular weight excluding hydrogens is 178 g/mol. The van der Waals surface area contributed by atoms with Crippen molar-refractivity contribution < 1.29 is 0 Å². The molecule has 0 aromatic carbocycles. The van der Waals surface area contributed by atoms with Crippen LogP contribution in [0.2, 0.25) is 0 Å². The number of nitrogens with one attached hydrogen (secondary N) is 1. The van der Waals surface area contributed by atoms with Crippen molar-refractivity contribution in [1.29, 1.82) is 0 Å². The summed E-state index contributed by atoms with van der Waals surface area (Å²) in [5, 5.41) is 11.4. The third kappa shape index (κ3) is 2.10. The normalized spacial score (nSPS) is 22.1. The summed E-state index contributed by atoms with van der Waals surface area (Å²) in [5.41, 5.74) is 1.04. The molecule has 1 aliphatic heterocycles. The highest BCUT2D eigenvalue weighted by atomic mass is 15.4. The number of rotatable bonds is 3. The number of nitrogens with zero attached hydrogens (tertiary/aromatic N) is 4. The minimum atomic E-state index is 0.650. The first-order valence-corrected chi connectivity index (χ1v) is 5.02. The second-order valence-electron chi connectivity index (χ2n) is 3.95. The predicted molar refractivity (Wildman–Crippen MR) is 53.7 cm³/mol. The Kier molecular flexibility index (Phi) is 2.79. The summed E-state index contributed by atoms with van der Waals surface area (Å²) < 4.78 is 1.75. The lowest BCUT2D eigenvalue weighted by Gasteiger charge is -2.21. The van der Waals surface area contributed by atoms with Gasteiger partial charge >= 0.3 is 0 Å². The lowest BCUT2D eigenvalue weighted by atomic mass is 10.2. The molecule has 2 heterocycles. The molecule has 1 N–H and O–H groups in total. The fourth-order valence-electron chi connectivity index (χ4n) is 1.87. The van der Waals surface area contributed by atoms with Crippen molar-refractivity contribution in [1.82, 2.24) is 25.2 Å². The highest BCUT2D eigenvalue weighted by Gasteiger charge is 2.19. The van der Waals surface area contributed by atoms with Gasteiger partial charge in [0.2, 0.25) is 0 Å². The molecule has 0 spiro atoms. The van der Waals surface area contributed by atoms with Crippen LogP contribution >= 0.6 is 0 Å². The lowest BCUT2D eigenvalue weighted by molar-refractivity contribution is 0.246. The van der Waals surface area contributed by atoms with Crippen molar-refractivity contribution in [2.24, 2.45) is 7.05 Å². The van der Waals surface area contributed by atoms with E-state index in [1.54, 1.807) is 4.68 Å². The van der Waals surface area contributed by atoms with Gasteiger partial charge in [-0.05, 0) is 20.0 Å². The molecule has 78 valence electrons. The van der Waals surface area contributed by atoms with Gasteiger partial charge in [-0.1, -0.05) is 5.21 Å². The van der Waals surface area contributed by atoms with Crippen molar-refractivity contribution >= 4 is 0 Å². The smallest absolute Gasteiger partial charge is 0.0967 e. The molecule has 0 radical (unpaired) electrons. The monoisotopic (exact) mass is 195 g/mol. The van der Waals surface area contributed by atoms with Crippen LogP contribution in [0, 0.1) is 0 Å². The van der Waals surface area contributed by atoms with E-state index < -0.39 is 0 Å². The summed E-state index contributed by atoms with van der Waals surface area (Å²) in [7, 11) is 4.04. The molecular formula is C9H17N5. The SMILES string of the molecule is CN(Cc1cn(C)nn1)C1CCNC1. The minimum Gasteiger partial charge on any atom is -0.315 e. The van der Waals surface area contributed by atoms with Crippen molar-refractivity contribution in [2.45, 2.75) is 19.0 Å². The zero-order valence-electron chi connectivity index (χ0n) is 8.77. The van der Waals surface area contributed by atoms with E-state index in [2.05, 4.69) is 27.6 Å². The first-order chi connectivity index (χ1) is 6.75. The first-order valence-electron chi connectivity index (χ1n) is 5.02. The molecule has 1 saturated heterocycles. The number of aryl methyl sites for hydroxylation is 1. The Bertz CT molecular complexity index is 289. The maximum absolute atomic E-state index is 4.08. The molecule has 0 aliphatic carbocycles. The summed E-state index contributed by atoms with van der Waals surface area (Å²) in [6, 6.07) is 0.650. The Morgan fingerprint density at radius 2 is 2.57 bits per heavy atom. The lowest BCUT2D eigenvalue weighted by Crippen LogP contribution is -2.32. The molecule has 1 unspecified atom stereocenters. The van der Waals surface area contributed by atoms with Gasteiger partial charge in [0.15, 0.2) is 0 Å². The van der Waals surface area contributed by atoms with Gasteiger partial charge in [0.25, 0.3) is 0 Å². The Labute approximate surface area is 84.1 Å². The highest BCUT2D eigenvalue weighted by Crippen LogP contribution is 2.08. The Balaban J connectivity index is 1.90. The maximum atomic E-state index is 4.08. The summed E-state index contributed by atoms with van der Waals surface area (Å²) in [6.07, 6.45) is 3.20. The minimum absolute atomic E-state index is 0.650. The van der Waals surface area contributed by atoms with E-state index in [-0.39, 0.29) is 0 Å². The average molecular weight is 195 g/mol. The number of likely N-dealkylation sites (N-methyl/N-ethyl adjacent to an activating group) is 1. The van der Waals surface area contributed by atoms with E-state index in [1.165, 1.54) is 6.42 Å². The maximum Gasteiger partial charge on any atom is 0.0967 e. The second kappa shape index (κ2) is 4.06. The second-order valence-corrected chi connectivity index (χ2v) is 3.95. The summed E-state index contributed by atoms with van der Waals surface area (Å²) in [6.45, 7) is 3.12. The van der Waals surface area contributed by atoms with Crippen molar-refractivity contribution in [3.8, 4) is 0 Å². The van der Waals surface area contributed by atoms with Gasteiger partial charge in [0.1, 0.15) is 0 Å². The van der Waals surface area contributed by atoms with E-state index in [4.69, 9.17) is 0 Å². The van der Waals surface area contributed by atoms with E-state index >= 15 is 0 Å². The molecule has 0 amide bonds. The fourth-order valence-corrected chi connectivity index (χ4v) is 1.87. The van der Waals surface area contributed by atoms with Crippen LogP contribution in [0.25, 0.3) is 0 Å². The number of aromatic nitrogens is 3. The molecule has 1 fully saturated rings. The summed E-state index contributed by atoms with van der Waals surface area (Å²) in [5.74, 6) is 0. The van der Waals surface area contributed by atoms with Crippen LogP contribution < -0.4 is 5.32 Å². The molecule has 2 rings (SSSR count). The topological polar surface area (TPSA) is 46.0 Å². The van der Waals surface area contributed by atoms with Crippen molar-refractivity contribution in [3.05, 3.63) is 11.9 Å². The largest absolute Gasteiger partial charge is 0.315 e. The van der Waals surface area contributed by atoms with Gasteiger partial charge in [-0.15, -0.1) is 5.10 Å². The van der Waals surface area contributed by atoms with Gasteiger partial charge in [-0.2, -0.15) is 0 Å². The molecule has 1 aromatic rings. The quantitative estimate of drug-likeness (QED) is 0.713. The van der Waals surface area contributed by atoms with Crippen LogP contribution in [0.5, 0.6) is 0 Å². The molecule has 5 heteroatoms. The highest BCUT2D eigenvalue weighted by molar-refractivity contribution is 4.93. The van der Waals surface area contributed by atoms with E-state index in [0.29, 0.717) is 6.04 Å². The molecule has 14 heavy (non-hydrogen) atoms. The van der Waals surface area contributed by atoms with E-state index in [0.717, 1.165) is 25.3 Å². The van der Waals surface area contributed by atoms with Crippen LogP contribution in [0.3, 0.4) is 0 Å². The standard InChI is InChI=1S/C9H17N5/c1-13(9-3-4-10-5-9)6-8-7-14(2)12-11-8/h7,9-10H,3-6H2,1-2H3. The fraction of sp³-hybridized carbons (Fsp3) is 0.778. The van der Waals surface area contributed by atoms with Gasteiger partial charge in [0.05, 0.1) is 5.69 Å². The zero-order chi connectivity index (χ0) is 9.97. The Hall–Kier alpha value is -0.940. The van der Waals surface area contributed by atoms with Gasteiger partial charge in [-0.25, -0.2) is 0 Å². The predicted octanol–water partition coefficient (Wildman–Crippen LogP) is -0.391. The molecule has 0 bridgehead atoms. The summed E-state index contributed by atoms with van der Waals surface area (Å²) >= 11 is 0. The van der Waals surface area contributed by atoms with Crippen LogP contribution in [-0.2, 0) is 13.6 Å². The van der Waals surface area contributed by atoms with Gasteiger partial charge in [-0.3, -0.25) is 9.58 Å². The van der Waals surface area contributed by atoms with Crippen LogP contribution in [-0.4, -0.2) is 46.1 Å².